The van der Waals surface area contributed by atoms with E-state index in [-0.39, 0.29) is 11.5 Å². The third-order valence-corrected chi connectivity index (χ3v) is 4.42. The van der Waals surface area contributed by atoms with E-state index in [9.17, 15) is 9.18 Å². The largest absolute Gasteiger partial charge is 0.369 e. The van der Waals surface area contributed by atoms with E-state index >= 15 is 0 Å². The van der Waals surface area contributed by atoms with Crippen molar-refractivity contribution in [2.75, 3.05) is 38.5 Å². The van der Waals surface area contributed by atoms with Gasteiger partial charge in [0, 0.05) is 43.5 Å². The molecule has 0 unspecified atom stereocenters. The number of fused-ring (bicyclic) bond motifs is 4. The third-order valence-electron chi connectivity index (χ3n) is 4.42. The van der Waals surface area contributed by atoms with E-state index in [0.717, 1.165) is 18.9 Å². The quantitative estimate of drug-likeness (QED) is 0.642. The molecule has 134 valence electrons. The molecule has 2 N–H and O–H groups in total. The zero-order valence-electron chi connectivity index (χ0n) is 14.4. The fourth-order valence-corrected chi connectivity index (χ4v) is 3.00. The maximum Gasteiger partial charge on any atom is 0.251 e. The number of amides is 1. The number of nitrogens with one attached hydrogen (secondary N) is 2. The summed E-state index contributed by atoms with van der Waals surface area (Å²) in [7, 11) is 1.98. The number of carbonyl (C=O) groups excluding carboxylic acids is 1. The van der Waals surface area contributed by atoms with Crippen molar-refractivity contribution in [3.63, 3.8) is 0 Å². The van der Waals surface area contributed by atoms with Gasteiger partial charge in [-0.25, -0.2) is 13.9 Å². The minimum absolute atomic E-state index is 0.283. The van der Waals surface area contributed by atoms with E-state index in [1.165, 1.54) is 12.1 Å². The smallest absolute Gasteiger partial charge is 0.251 e. The van der Waals surface area contributed by atoms with Gasteiger partial charge in [0.25, 0.3) is 5.91 Å². The van der Waals surface area contributed by atoms with Crippen LogP contribution in [0.25, 0.3) is 16.8 Å². The fourth-order valence-electron chi connectivity index (χ4n) is 3.00. The van der Waals surface area contributed by atoms with Gasteiger partial charge in [0.2, 0.25) is 0 Å². The molecule has 3 aromatic rings. The van der Waals surface area contributed by atoms with E-state index < -0.39 is 5.82 Å². The molecule has 3 heterocycles. The molecule has 7 nitrogen and oxygen atoms in total. The highest BCUT2D eigenvalue weighted by molar-refractivity contribution is 5.96. The molecular weight excluding hydrogens is 335 g/mol. The minimum atomic E-state index is -0.470. The summed E-state index contributed by atoms with van der Waals surface area (Å²) in [6.45, 7) is 2.72. The first kappa shape index (κ1) is 16.5. The van der Waals surface area contributed by atoms with E-state index in [2.05, 4.69) is 25.6 Å². The molecular formula is C18H19FN6O. The normalized spacial score (nSPS) is 16.0. The van der Waals surface area contributed by atoms with Crippen molar-refractivity contribution in [2.24, 2.45) is 0 Å². The Morgan fingerprint density at radius 1 is 1.12 bits per heavy atom. The molecule has 8 heteroatoms. The van der Waals surface area contributed by atoms with Crippen LogP contribution in [0.1, 0.15) is 10.4 Å². The van der Waals surface area contributed by atoms with Crippen LogP contribution in [-0.4, -0.2) is 58.6 Å². The van der Waals surface area contributed by atoms with Gasteiger partial charge in [0.15, 0.2) is 5.65 Å². The van der Waals surface area contributed by atoms with Crippen molar-refractivity contribution in [3.05, 3.63) is 48.0 Å². The Balaban J connectivity index is 1.84. The number of hydrogen-bond acceptors (Lipinski definition) is 5. The van der Waals surface area contributed by atoms with Crippen molar-refractivity contribution in [1.29, 1.82) is 0 Å². The molecule has 1 aliphatic rings. The minimum Gasteiger partial charge on any atom is -0.369 e. The van der Waals surface area contributed by atoms with Gasteiger partial charge in [0.05, 0.1) is 6.20 Å². The van der Waals surface area contributed by atoms with Crippen LogP contribution < -0.4 is 10.6 Å². The van der Waals surface area contributed by atoms with Crippen LogP contribution in [-0.2, 0) is 0 Å². The van der Waals surface area contributed by atoms with Gasteiger partial charge in [-0.15, -0.1) is 0 Å². The number of benzene rings is 1. The van der Waals surface area contributed by atoms with Gasteiger partial charge in [-0.3, -0.25) is 4.79 Å². The molecule has 0 atom stereocenters. The monoisotopic (exact) mass is 354 g/mol. The highest BCUT2D eigenvalue weighted by Crippen LogP contribution is 2.26. The maximum absolute atomic E-state index is 14.1. The molecule has 2 aromatic heterocycles. The molecule has 0 saturated heterocycles. The van der Waals surface area contributed by atoms with Crippen molar-refractivity contribution >= 4 is 17.4 Å². The molecule has 4 bridgehead atoms. The molecule has 0 saturated carbocycles. The van der Waals surface area contributed by atoms with Crippen LogP contribution in [0, 0.1) is 5.82 Å². The Morgan fingerprint density at radius 2 is 1.88 bits per heavy atom. The standard InChI is InChI=1S/C18H19FN6O/c1-24-6-3-20-16-2-5-25-17(23-16)15(11-22-25)12-8-13(10-14(19)9-12)18(26)21-4-7-24/h2,5,8-11H,3-4,6-7H2,1H3,(H,20,23)(H,21,26). The molecule has 1 aromatic carbocycles. The Labute approximate surface area is 149 Å². The highest BCUT2D eigenvalue weighted by atomic mass is 19.1. The zero-order chi connectivity index (χ0) is 18.1. The maximum atomic E-state index is 14.1. The molecule has 0 aliphatic carbocycles. The van der Waals surface area contributed by atoms with E-state index in [4.69, 9.17) is 0 Å². The lowest BCUT2D eigenvalue weighted by atomic mass is 10.0. The number of hydrogen-bond donors (Lipinski definition) is 2. The zero-order valence-corrected chi connectivity index (χ0v) is 14.4. The first-order valence-electron chi connectivity index (χ1n) is 8.46. The second-order valence-electron chi connectivity index (χ2n) is 6.35. The van der Waals surface area contributed by atoms with Crippen LogP contribution in [0.4, 0.5) is 10.2 Å². The van der Waals surface area contributed by atoms with E-state index in [1.54, 1.807) is 16.8 Å². The number of anilines is 1. The average Bonchev–Trinajstić information content (AvgIpc) is 3.03. The van der Waals surface area contributed by atoms with Gasteiger partial charge >= 0.3 is 0 Å². The summed E-state index contributed by atoms with van der Waals surface area (Å²) in [4.78, 5) is 19.1. The van der Waals surface area contributed by atoms with E-state index in [1.807, 2.05) is 19.3 Å². The van der Waals surface area contributed by atoms with Crippen molar-refractivity contribution in [2.45, 2.75) is 0 Å². The van der Waals surface area contributed by atoms with Crippen molar-refractivity contribution in [3.8, 4) is 11.1 Å². The Kier molecular flexibility index (Phi) is 4.26. The number of likely N-dealkylation sites (N-methyl/N-ethyl adjacent to an activating group) is 1. The lowest BCUT2D eigenvalue weighted by Crippen LogP contribution is -2.35. The fraction of sp³-hybridized carbons (Fsp3) is 0.278. The summed E-state index contributed by atoms with van der Waals surface area (Å²) < 4.78 is 15.8. The predicted molar refractivity (Wildman–Crippen MR) is 96.7 cm³/mol. The molecule has 0 spiro atoms. The van der Waals surface area contributed by atoms with Crippen LogP contribution in [0.5, 0.6) is 0 Å². The van der Waals surface area contributed by atoms with Gasteiger partial charge < -0.3 is 15.5 Å². The summed E-state index contributed by atoms with van der Waals surface area (Å²) in [5, 5.41) is 10.4. The number of halogens is 1. The molecule has 0 fully saturated rings. The lowest BCUT2D eigenvalue weighted by molar-refractivity contribution is 0.0949. The summed E-state index contributed by atoms with van der Waals surface area (Å²) in [6.07, 6.45) is 3.44. The summed E-state index contributed by atoms with van der Waals surface area (Å²) in [5.41, 5.74) is 2.14. The molecule has 4 rings (SSSR count). The highest BCUT2D eigenvalue weighted by Gasteiger charge is 2.15. The number of nitrogens with zero attached hydrogens (tertiary/aromatic N) is 4. The molecule has 0 radical (unpaired) electrons. The van der Waals surface area contributed by atoms with Gasteiger partial charge in [-0.2, -0.15) is 5.10 Å². The van der Waals surface area contributed by atoms with Crippen LogP contribution in [0.15, 0.2) is 36.7 Å². The molecule has 1 amide bonds. The first-order chi connectivity index (χ1) is 12.6. The number of rotatable bonds is 0. The molecule has 26 heavy (non-hydrogen) atoms. The number of aromatic nitrogens is 3. The van der Waals surface area contributed by atoms with Crippen LogP contribution >= 0.6 is 0 Å². The van der Waals surface area contributed by atoms with Crippen LogP contribution in [0.3, 0.4) is 0 Å². The number of carbonyl (C=O) groups is 1. The first-order valence-corrected chi connectivity index (χ1v) is 8.46. The van der Waals surface area contributed by atoms with Gasteiger partial charge in [-0.1, -0.05) is 0 Å². The summed E-state index contributed by atoms with van der Waals surface area (Å²) in [5.74, 6) is -0.0340. The Bertz CT molecular complexity index is 969. The van der Waals surface area contributed by atoms with E-state index in [0.29, 0.717) is 29.9 Å². The summed E-state index contributed by atoms with van der Waals surface area (Å²) >= 11 is 0. The predicted octanol–water partition coefficient (Wildman–Crippen LogP) is 1.62. The Morgan fingerprint density at radius 3 is 2.73 bits per heavy atom. The lowest BCUT2D eigenvalue weighted by Gasteiger charge is -2.17. The summed E-state index contributed by atoms with van der Waals surface area (Å²) in [6, 6.07) is 6.15. The second kappa shape index (κ2) is 6.72. The van der Waals surface area contributed by atoms with Gasteiger partial charge in [-0.05, 0) is 36.9 Å². The average molecular weight is 354 g/mol. The van der Waals surface area contributed by atoms with Gasteiger partial charge in [0.1, 0.15) is 11.6 Å². The molecule has 1 aliphatic heterocycles. The third kappa shape index (κ3) is 3.23. The van der Waals surface area contributed by atoms with Crippen LogP contribution in [0.2, 0.25) is 0 Å². The topological polar surface area (TPSA) is 74.6 Å². The Hall–Kier alpha value is -3.00. The second-order valence-corrected chi connectivity index (χ2v) is 6.35. The van der Waals surface area contributed by atoms with Crippen molar-refractivity contribution in [1.82, 2.24) is 24.8 Å². The van der Waals surface area contributed by atoms with Crippen molar-refractivity contribution < 1.29 is 9.18 Å². The SMILES string of the molecule is CN1CCNC(=O)c2cc(F)cc(c2)-c2cnn3ccc(nc23)NCC1.